The minimum absolute atomic E-state index is 0.106. The van der Waals surface area contributed by atoms with Gasteiger partial charge in [0.2, 0.25) is 5.28 Å². The molecule has 1 aromatic carbocycles. The summed E-state index contributed by atoms with van der Waals surface area (Å²) in [5.41, 5.74) is 0.731. The van der Waals surface area contributed by atoms with Crippen LogP contribution < -0.4 is 4.74 Å². The van der Waals surface area contributed by atoms with E-state index in [4.69, 9.17) is 16.3 Å². The lowest BCUT2D eigenvalue weighted by Crippen LogP contribution is -1.98. The molecule has 2 rings (SSSR count). The Morgan fingerprint density at radius 2 is 2.15 bits per heavy atom. The van der Waals surface area contributed by atoms with E-state index in [0.29, 0.717) is 11.7 Å². The van der Waals surface area contributed by atoms with E-state index in [1.54, 1.807) is 6.07 Å². The molecular formula is C13H12ClN3O3. The molecule has 0 radical (unpaired) electrons. The molecule has 0 N–H and O–H groups in total. The highest BCUT2D eigenvalue weighted by atomic mass is 35.5. The van der Waals surface area contributed by atoms with Gasteiger partial charge in [-0.1, -0.05) is 26.0 Å². The number of halogens is 1. The Hall–Kier alpha value is -2.21. The maximum atomic E-state index is 10.9. The number of benzene rings is 1. The fourth-order valence-corrected chi connectivity index (χ4v) is 1.71. The maximum absolute atomic E-state index is 10.9. The number of nitro groups is 1. The molecule has 1 aromatic heterocycles. The lowest BCUT2D eigenvalue weighted by molar-refractivity contribution is -0.386. The second-order valence-electron chi connectivity index (χ2n) is 4.42. The number of aromatic nitrogens is 2. The first-order valence-corrected chi connectivity index (χ1v) is 6.30. The number of nitrogens with zero attached hydrogens (tertiary/aromatic N) is 3. The summed E-state index contributed by atoms with van der Waals surface area (Å²) in [5, 5.41) is 10.8. The predicted molar refractivity (Wildman–Crippen MR) is 74.3 cm³/mol. The van der Waals surface area contributed by atoms with Gasteiger partial charge < -0.3 is 4.74 Å². The zero-order valence-electron chi connectivity index (χ0n) is 10.9. The average Bonchev–Trinajstić information content (AvgIpc) is 2.38. The first kappa shape index (κ1) is 14.2. The van der Waals surface area contributed by atoms with E-state index >= 15 is 0 Å². The van der Waals surface area contributed by atoms with Crippen LogP contribution in [0.3, 0.4) is 0 Å². The topological polar surface area (TPSA) is 78.2 Å². The van der Waals surface area contributed by atoms with Crippen LogP contribution in [0, 0.1) is 10.1 Å². The van der Waals surface area contributed by atoms with Gasteiger partial charge in [-0.25, -0.2) is 4.98 Å². The van der Waals surface area contributed by atoms with Gasteiger partial charge in [-0.05, 0) is 35.2 Å². The quantitative estimate of drug-likeness (QED) is 0.484. The van der Waals surface area contributed by atoms with Crippen molar-refractivity contribution in [2.75, 3.05) is 0 Å². The van der Waals surface area contributed by atoms with Crippen LogP contribution in [0.25, 0.3) is 0 Å². The summed E-state index contributed by atoms with van der Waals surface area (Å²) in [6, 6.07) is 7.29. The molecule has 6 nitrogen and oxygen atoms in total. The first-order valence-electron chi connectivity index (χ1n) is 5.92. The standard InChI is InChI=1S/C13H12ClN3O3/c1-8(2)9-4-3-5-10(6-9)20-12-11(17(18)19)7-15-13(14)16-12/h3-8H,1-2H3. The third-order valence-corrected chi connectivity index (χ3v) is 2.82. The normalized spacial score (nSPS) is 10.6. The van der Waals surface area contributed by atoms with Crippen LogP contribution in [0.4, 0.5) is 5.69 Å². The van der Waals surface area contributed by atoms with Crippen molar-refractivity contribution < 1.29 is 9.66 Å². The van der Waals surface area contributed by atoms with E-state index in [0.717, 1.165) is 11.8 Å². The van der Waals surface area contributed by atoms with E-state index in [9.17, 15) is 10.1 Å². The number of ether oxygens (including phenoxy) is 1. The van der Waals surface area contributed by atoms with Crippen LogP contribution in [0.2, 0.25) is 5.28 Å². The van der Waals surface area contributed by atoms with Gasteiger partial charge in [-0.3, -0.25) is 10.1 Å². The van der Waals surface area contributed by atoms with Crippen molar-refractivity contribution in [1.82, 2.24) is 9.97 Å². The molecule has 0 aliphatic heterocycles. The monoisotopic (exact) mass is 293 g/mol. The molecule has 20 heavy (non-hydrogen) atoms. The smallest absolute Gasteiger partial charge is 0.349 e. The van der Waals surface area contributed by atoms with Gasteiger partial charge in [0.05, 0.1) is 4.92 Å². The molecule has 0 unspecified atom stereocenters. The van der Waals surface area contributed by atoms with E-state index in [2.05, 4.69) is 9.97 Å². The number of hydrogen-bond acceptors (Lipinski definition) is 5. The molecule has 0 aliphatic carbocycles. The van der Waals surface area contributed by atoms with E-state index < -0.39 is 4.92 Å². The number of hydrogen-bond donors (Lipinski definition) is 0. The largest absolute Gasteiger partial charge is 0.434 e. The molecule has 0 atom stereocenters. The lowest BCUT2D eigenvalue weighted by atomic mass is 10.0. The average molecular weight is 294 g/mol. The molecule has 0 amide bonds. The van der Waals surface area contributed by atoms with Crippen molar-refractivity contribution in [2.24, 2.45) is 0 Å². The summed E-state index contributed by atoms with van der Waals surface area (Å²) >= 11 is 5.64. The van der Waals surface area contributed by atoms with Crippen LogP contribution in [0.5, 0.6) is 11.6 Å². The molecular weight excluding hydrogens is 282 g/mol. The summed E-state index contributed by atoms with van der Waals surface area (Å²) in [7, 11) is 0. The molecule has 0 aliphatic rings. The maximum Gasteiger partial charge on any atom is 0.349 e. The summed E-state index contributed by atoms with van der Waals surface area (Å²) in [6.07, 6.45) is 1.02. The van der Waals surface area contributed by atoms with Gasteiger partial charge in [0.25, 0.3) is 0 Å². The zero-order valence-corrected chi connectivity index (χ0v) is 11.7. The van der Waals surface area contributed by atoms with Crippen molar-refractivity contribution in [3.8, 4) is 11.6 Å². The van der Waals surface area contributed by atoms with Gasteiger partial charge in [0.1, 0.15) is 11.9 Å². The van der Waals surface area contributed by atoms with E-state index in [1.165, 1.54) is 0 Å². The Balaban J connectivity index is 2.36. The van der Waals surface area contributed by atoms with Crippen molar-refractivity contribution in [3.63, 3.8) is 0 Å². The third kappa shape index (κ3) is 3.21. The second-order valence-corrected chi connectivity index (χ2v) is 4.75. The Bertz CT molecular complexity index is 647. The van der Waals surface area contributed by atoms with Gasteiger partial charge in [0, 0.05) is 0 Å². The molecule has 2 aromatic rings. The molecule has 0 spiro atoms. The Kier molecular flexibility index (Phi) is 4.14. The fraction of sp³-hybridized carbons (Fsp3) is 0.231. The van der Waals surface area contributed by atoms with Crippen molar-refractivity contribution >= 4 is 17.3 Å². The van der Waals surface area contributed by atoms with Gasteiger partial charge in [0.15, 0.2) is 0 Å². The SMILES string of the molecule is CC(C)c1cccc(Oc2nc(Cl)ncc2[N+](=O)[O-])c1. The van der Waals surface area contributed by atoms with Crippen LogP contribution in [-0.2, 0) is 0 Å². The minimum atomic E-state index is -0.613. The minimum Gasteiger partial charge on any atom is -0.434 e. The molecule has 0 bridgehead atoms. The van der Waals surface area contributed by atoms with Gasteiger partial charge >= 0.3 is 11.6 Å². The molecule has 1 heterocycles. The highest BCUT2D eigenvalue weighted by Crippen LogP contribution is 2.30. The number of rotatable bonds is 4. The van der Waals surface area contributed by atoms with Crippen LogP contribution in [0.1, 0.15) is 25.3 Å². The van der Waals surface area contributed by atoms with Crippen LogP contribution >= 0.6 is 11.6 Å². The van der Waals surface area contributed by atoms with Gasteiger partial charge in [-0.15, -0.1) is 0 Å². The summed E-state index contributed by atoms with van der Waals surface area (Å²) in [6.45, 7) is 4.09. The summed E-state index contributed by atoms with van der Waals surface area (Å²) in [4.78, 5) is 17.6. The summed E-state index contributed by atoms with van der Waals surface area (Å²) in [5.74, 6) is 0.618. The predicted octanol–water partition coefficient (Wildman–Crippen LogP) is 3.95. The van der Waals surface area contributed by atoms with Crippen molar-refractivity contribution in [3.05, 3.63) is 51.4 Å². The lowest BCUT2D eigenvalue weighted by Gasteiger charge is -2.09. The molecule has 0 fully saturated rings. The molecule has 7 heteroatoms. The van der Waals surface area contributed by atoms with E-state index in [1.807, 2.05) is 32.0 Å². The highest BCUT2D eigenvalue weighted by Gasteiger charge is 2.19. The van der Waals surface area contributed by atoms with E-state index in [-0.39, 0.29) is 16.9 Å². The molecule has 0 saturated carbocycles. The Morgan fingerprint density at radius 1 is 1.40 bits per heavy atom. The Labute approximate surface area is 120 Å². The zero-order chi connectivity index (χ0) is 14.7. The second kappa shape index (κ2) is 5.83. The Morgan fingerprint density at radius 3 is 2.80 bits per heavy atom. The van der Waals surface area contributed by atoms with Gasteiger partial charge in [-0.2, -0.15) is 4.98 Å². The molecule has 0 saturated heterocycles. The third-order valence-electron chi connectivity index (χ3n) is 2.64. The fourth-order valence-electron chi connectivity index (χ4n) is 1.59. The van der Waals surface area contributed by atoms with Crippen LogP contribution in [0.15, 0.2) is 30.5 Å². The highest BCUT2D eigenvalue weighted by molar-refractivity contribution is 6.28. The van der Waals surface area contributed by atoms with Crippen molar-refractivity contribution in [2.45, 2.75) is 19.8 Å². The molecule has 104 valence electrons. The summed E-state index contributed by atoms with van der Waals surface area (Å²) < 4.78 is 5.47. The van der Waals surface area contributed by atoms with Crippen molar-refractivity contribution in [1.29, 1.82) is 0 Å². The first-order chi connectivity index (χ1) is 9.47. The van der Waals surface area contributed by atoms with Crippen LogP contribution in [-0.4, -0.2) is 14.9 Å².